The first-order chi connectivity index (χ1) is 7.26. The fourth-order valence-corrected chi connectivity index (χ4v) is 2.05. The molecule has 1 saturated heterocycles. The van der Waals surface area contributed by atoms with Crippen LogP contribution in [0.25, 0.3) is 0 Å². The Morgan fingerprint density at radius 3 is 2.41 bits per heavy atom. The van der Waals surface area contributed by atoms with E-state index in [0.29, 0.717) is 19.0 Å². The van der Waals surface area contributed by atoms with Gasteiger partial charge in [-0.05, 0) is 25.8 Å². The molecule has 1 rings (SSSR count). The lowest BCUT2D eigenvalue weighted by atomic mass is 10.0. The number of piperidine rings is 1. The lowest BCUT2D eigenvalue weighted by molar-refractivity contribution is -0.121. The summed E-state index contributed by atoms with van der Waals surface area (Å²) in [6.07, 6.45) is 3.83. The summed E-state index contributed by atoms with van der Waals surface area (Å²) in [6, 6.07) is 0.372. The van der Waals surface area contributed by atoms with Crippen molar-refractivity contribution < 1.29 is 4.79 Å². The molecule has 0 radical (unpaired) electrons. The minimum Gasteiger partial charge on any atom is -0.353 e. The van der Waals surface area contributed by atoms with Crippen molar-refractivity contribution in [2.24, 2.45) is 5.73 Å². The Hall–Kier alpha value is -0.0300. The van der Waals surface area contributed by atoms with Crippen molar-refractivity contribution in [2.45, 2.75) is 38.6 Å². The smallest absolute Gasteiger partial charge is 0.221 e. The van der Waals surface area contributed by atoms with Crippen LogP contribution in [-0.2, 0) is 4.79 Å². The van der Waals surface area contributed by atoms with E-state index in [2.05, 4.69) is 17.1 Å². The number of rotatable bonds is 5. The highest BCUT2D eigenvalue weighted by Gasteiger charge is 2.19. The van der Waals surface area contributed by atoms with Gasteiger partial charge in [0, 0.05) is 32.1 Å². The van der Waals surface area contributed by atoms with E-state index in [1.54, 1.807) is 0 Å². The molecule has 4 nitrogen and oxygen atoms in total. The quantitative estimate of drug-likeness (QED) is 0.797. The van der Waals surface area contributed by atoms with Crippen molar-refractivity contribution >= 4 is 30.7 Å². The minimum atomic E-state index is 0. The first-order valence-electron chi connectivity index (χ1n) is 5.98. The molecule has 0 saturated carbocycles. The van der Waals surface area contributed by atoms with Gasteiger partial charge in [0.15, 0.2) is 0 Å². The molecule has 0 atom stereocenters. The second kappa shape index (κ2) is 11.1. The first kappa shape index (κ1) is 19.3. The lowest BCUT2D eigenvalue weighted by Gasteiger charge is -2.32. The molecule has 17 heavy (non-hydrogen) atoms. The zero-order valence-electron chi connectivity index (χ0n) is 10.5. The molecule has 1 fully saturated rings. The highest BCUT2D eigenvalue weighted by molar-refractivity contribution is 5.85. The summed E-state index contributed by atoms with van der Waals surface area (Å²) in [6.45, 7) is 6.06. The van der Waals surface area contributed by atoms with E-state index in [4.69, 9.17) is 5.73 Å². The number of nitrogens with one attached hydrogen (secondary N) is 1. The van der Waals surface area contributed by atoms with E-state index in [1.165, 1.54) is 13.0 Å². The van der Waals surface area contributed by atoms with Crippen LogP contribution >= 0.6 is 24.8 Å². The molecular weight excluding hydrogens is 261 g/mol. The van der Waals surface area contributed by atoms with Gasteiger partial charge in [-0.3, -0.25) is 4.79 Å². The molecule has 6 heteroatoms. The number of nitrogens with zero attached hydrogens (tertiary/aromatic N) is 1. The van der Waals surface area contributed by atoms with Crippen LogP contribution in [0.2, 0.25) is 0 Å². The lowest BCUT2D eigenvalue weighted by Crippen LogP contribution is -2.45. The largest absolute Gasteiger partial charge is 0.353 e. The van der Waals surface area contributed by atoms with E-state index in [9.17, 15) is 4.79 Å². The molecule has 1 amide bonds. The van der Waals surface area contributed by atoms with Gasteiger partial charge in [-0.2, -0.15) is 0 Å². The topological polar surface area (TPSA) is 58.4 Å². The molecular formula is C11H25Cl2N3O. The summed E-state index contributed by atoms with van der Waals surface area (Å²) in [7, 11) is 0. The van der Waals surface area contributed by atoms with Crippen LogP contribution in [0, 0.1) is 0 Å². The Kier molecular flexibility index (Phi) is 12.6. The van der Waals surface area contributed by atoms with Crippen molar-refractivity contribution in [1.29, 1.82) is 0 Å². The first-order valence-corrected chi connectivity index (χ1v) is 5.98. The molecule has 104 valence electrons. The molecule has 0 bridgehead atoms. The predicted octanol–water partition coefficient (Wildman–Crippen LogP) is 1.17. The van der Waals surface area contributed by atoms with Gasteiger partial charge in [0.1, 0.15) is 0 Å². The van der Waals surface area contributed by atoms with Crippen LogP contribution in [0.15, 0.2) is 0 Å². The normalized spacial score (nSPS) is 16.8. The van der Waals surface area contributed by atoms with E-state index in [1.807, 2.05) is 0 Å². The molecule has 0 unspecified atom stereocenters. The van der Waals surface area contributed by atoms with Gasteiger partial charge in [-0.25, -0.2) is 0 Å². The van der Waals surface area contributed by atoms with Crippen molar-refractivity contribution in [1.82, 2.24) is 10.2 Å². The summed E-state index contributed by atoms with van der Waals surface area (Å²) in [4.78, 5) is 13.8. The summed E-state index contributed by atoms with van der Waals surface area (Å²) in [5.41, 5.74) is 5.33. The zero-order chi connectivity index (χ0) is 11.1. The summed E-state index contributed by atoms with van der Waals surface area (Å²) < 4.78 is 0. The van der Waals surface area contributed by atoms with Crippen LogP contribution in [0.4, 0.5) is 0 Å². The van der Waals surface area contributed by atoms with Gasteiger partial charge in [-0.1, -0.05) is 6.92 Å². The second-order valence-electron chi connectivity index (χ2n) is 4.22. The highest BCUT2D eigenvalue weighted by atomic mass is 35.5. The molecule has 1 aliphatic rings. The average Bonchev–Trinajstić information content (AvgIpc) is 2.22. The minimum absolute atomic E-state index is 0. The summed E-state index contributed by atoms with van der Waals surface area (Å²) in [5, 5.41) is 3.04. The maximum absolute atomic E-state index is 11.3. The number of hydrogen-bond acceptors (Lipinski definition) is 3. The average molecular weight is 286 g/mol. The summed E-state index contributed by atoms with van der Waals surface area (Å²) in [5.74, 6) is 0.103. The van der Waals surface area contributed by atoms with Gasteiger partial charge in [0.2, 0.25) is 5.91 Å². The summed E-state index contributed by atoms with van der Waals surface area (Å²) >= 11 is 0. The van der Waals surface area contributed by atoms with Crippen LogP contribution in [0.5, 0.6) is 0 Å². The van der Waals surface area contributed by atoms with Crippen LogP contribution in [-0.4, -0.2) is 43.0 Å². The van der Waals surface area contributed by atoms with E-state index in [-0.39, 0.29) is 30.7 Å². The number of carbonyl (C=O) groups excluding carboxylic acids is 1. The fourth-order valence-electron chi connectivity index (χ4n) is 2.05. The highest BCUT2D eigenvalue weighted by Crippen LogP contribution is 2.10. The molecule has 0 aromatic rings. The number of hydrogen-bond donors (Lipinski definition) is 2. The molecule has 0 aromatic heterocycles. The fraction of sp³-hybridized carbons (Fsp3) is 0.909. The van der Waals surface area contributed by atoms with Crippen molar-refractivity contribution in [3.63, 3.8) is 0 Å². The van der Waals surface area contributed by atoms with Crippen molar-refractivity contribution in [3.05, 3.63) is 0 Å². The van der Waals surface area contributed by atoms with Gasteiger partial charge in [0.25, 0.3) is 0 Å². The monoisotopic (exact) mass is 285 g/mol. The van der Waals surface area contributed by atoms with Crippen molar-refractivity contribution in [3.8, 4) is 0 Å². The Morgan fingerprint density at radius 1 is 1.35 bits per heavy atom. The molecule has 1 aliphatic heterocycles. The molecule has 1 heterocycles. The maximum Gasteiger partial charge on any atom is 0.221 e. The third kappa shape index (κ3) is 7.82. The van der Waals surface area contributed by atoms with E-state index in [0.717, 1.165) is 25.9 Å². The van der Waals surface area contributed by atoms with Crippen LogP contribution in [0.1, 0.15) is 32.6 Å². The number of halogens is 2. The number of likely N-dealkylation sites (tertiary alicyclic amines) is 1. The second-order valence-corrected chi connectivity index (χ2v) is 4.22. The third-order valence-electron chi connectivity index (χ3n) is 2.86. The maximum atomic E-state index is 11.3. The van der Waals surface area contributed by atoms with Gasteiger partial charge in [-0.15, -0.1) is 24.8 Å². The van der Waals surface area contributed by atoms with E-state index >= 15 is 0 Å². The van der Waals surface area contributed by atoms with Crippen LogP contribution < -0.4 is 11.1 Å². The van der Waals surface area contributed by atoms with Crippen molar-refractivity contribution in [2.75, 3.05) is 26.2 Å². The third-order valence-corrected chi connectivity index (χ3v) is 2.86. The Labute approximate surface area is 117 Å². The SMILES string of the molecule is CCCN1CCC(NC(=O)CCN)CC1.Cl.Cl. The van der Waals surface area contributed by atoms with Gasteiger partial charge < -0.3 is 16.0 Å². The molecule has 0 aliphatic carbocycles. The number of carbonyl (C=O) groups is 1. The standard InChI is InChI=1S/C11H23N3O.2ClH/c1-2-7-14-8-4-10(5-9-14)13-11(15)3-6-12;;/h10H,2-9,12H2,1H3,(H,13,15);2*1H. The Balaban J connectivity index is 0. The van der Waals surface area contributed by atoms with Gasteiger partial charge >= 0.3 is 0 Å². The Bertz CT molecular complexity index is 197. The molecule has 0 aromatic carbocycles. The van der Waals surface area contributed by atoms with Gasteiger partial charge in [0.05, 0.1) is 0 Å². The predicted molar refractivity (Wildman–Crippen MR) is 76.1 cm³/mol. The number of amides is 1. The van der Waals surface area contributed by atoms with E-state index < -0.39 is 0 Å². The van der Waals surface area contributed by atoms with Crippen LogP contribution in [0.3, 0.4) is 0 Å². The Morgan fingerprint density at radius 2 is 1.94 bits per heavy atom. The number of nitrogens with two attached hydrogens (primary N) is 1. The molecule has 3 N–H and O–H groups in total. The zero-order valence-corrected chi connectivity index (χ0v) is 12.1. The molecule has 0 spiro atoms.